The van der Waals surface area contributed by atoms with E-state index in [0.29, 0.717) is 17.2 Å². The van der Waals surface area contributed by atoms with Gasteiger partial charge in [0.1, 0.15) is 17.3 Å². The molecule has 21 heavy (non-hydrogen) atoms. The Morgan fingerprint density at radius 1 is 1.14 bits per heavy atom. The number of hydrogen-bond acceptors (Lipinski definition) is 3. The second-order valence-electron chi connectivity index (χ2n) is 4.72. The van der Waals surface area contributed by atoms with Crippen molar-refractivity contribution in [2.75, 3.05) is 5.73 Å². The predicted octanol–water partition coefficient (Wildman–Crippen LogP) is 4.71. The van der Waals surface area contributed by atoms with Crippen molar-refractivity contribution in [3.63, 3.8) is 0 Å². The lowest BCUT2D eigenvalue weighted by molar-refractivity contribution is 0.485. The third kappa shape index (κ3) is 2.76. The molecule has 2 N–H and O–H groups in total. The molecular formula is C16H12ClFN2O. The standard InChI is InChI=1S/C16H12ClFN2O/c1-9-6-16(12-7-10(19)2-5-15(12)20-9)21-11-3-4-14(18)13(17)8-11/h2-8H,19H2,1H3. The number of hydrogen-bond donors (Lipinski definition) is 1. The van der Waals surface area contributed by atoms with Gasteiger partial charge in [-0.15, -0.1) is 0 Å². The van der Waals surface area contributed by atoms with Crippen LogP contribution in [0.15, 0.2) is 42.5 Å². The molecule has 3 nitrogen and oxygen atoms in total. The Labute approximate surface area is 126 Å². The van der Waals surface area contributed by atoms with Crippen LogP contribution in [-0.2, 0) is 0 Å². The number of pyridine rings is 1. The van der Waals surface area contributed by atoms with E-state index < -0.39 is 5.82 Å². The van der Waals surface area contributed by atoms with Crippen LogP contribution in [0.2, 0.25) is 5.02 Å². The van der Waals surface area contributed by atoms with Gasteiger partial charge in [0, 0.05) is 28.9 Å². The second kappa shape index (κ2) is 5.22. The van der Waals surface area contributed by atoms with Crippen LogP contribution >= 0.6 is 11.6 Å². The van der Waals surface area contributed by atoms with Crippen LogP contribution in [0.3, 0.4) is 0 Å². The molecule has 3 aromatic rings. The van der Waals surface area contributed by atoms with E-state index in [-0.39, 0.29) is 5.02 Å². The molecule has 0 amide bonds. The molecule has 0 aliphatic heterocycles. The molecule has 0 saturated heterocycles. The Morgan fingerprint density at radius 3 is 2.71 bits per heavy atom. The van der Waals surface area contributed by atoms with Crippen molar-refractivity contribution in [2.24, 2.45) is 0 Å². The number of anilines is 1. The third-order valence-electron chi connectivity index (χ3n) is 3.04. The fourth-order valence-electron chi connectivity index (χ4n) is 2.09. The molecule has 0 spiro atoms. The smallest absolute Gasteiger partial charge is 0.142 e. The minimum absolute atomic E-state index is 0.0158. The number of nitrogens with two attached hydrogens (primary N) is 1. The fourth-order valence-corrected chi connectivity index (χ4v) is 2.26. The lowest BCUT2D eigenvalue weighted by Crippen LogP contribution is -1.93. The molecule has 5 heteroatoms. The van der Waals surface area contributed by atoms with Crippen LogP contribution < -0.4 is 10.5 Å². The molecule has 106 valence electrons. The normalized spacial score (nSPS) is 10.8. The van der Waals surface area contributed by atoms with Crippen molar-refractivity contribution in [1.82, 2.24) is 4.98 Å². The molecule has 0 unspecified atom stereocenters. The van der Waals surface area contributed by atoms with Crippen molar-refractivity contribution < 1.29 is 9.13 Å². The highest BCUT2D eigenvalue weighted by molar-refractivity contribution is 6.30. The first kappa shape index (κ1) is 13.6. The van der Waals surface area contributed by atoms with Crippen LogP contribution in [0.25, 0.3) is 10.9 Å². The van der Waals surface area contributed by atoms with Gasteiger partial charge in [-0.25, -0.2) is 4.39 Å². The van der Waals surface area contributed by atoms with Gasteiger partial charge < -0.3 is 10.5 Å². The minimum Gasteiger partial charge on any atom is -0.457 e. The van der Waals surface area contributed by atoms with E-state index >= 15 is 0 Å². The Balaban J connectivity index is 2.10. The highest BCUT2D eigenvalue weighted by atomic mass is 35.5. The first-order valence-corrected chi connectivity index (χ1v) is 6.70. The topological polar surface area (TPSA) is 48.1 Å². The van der Waals surface area contributed by atoms with Crippen LogP contribution in [0.1, 0.15) is 5.69 Å². The van der Waals surface area contributed by atoms with E-state index in [0.717, 1.165) is 16.6 Å². The van der Waals surface area contributed by atoms with Crippen LogP contribution in [0.5, 0.6) is 11.5 Å². The quantitative estimate of drug-likeness (QED) is 0.697. The maximum absolute atomic E-state index is 13.2. The highest BCUT2D eigenvalue weighted by Crippen LogP contribution is 2.32. The summed E-state index contributed by atoms with van der Waals surface area (Å²) < 4.78 is 19.0. The number of nitrogen functional groups attached to an aromatic ring is 1. The molecule has 3 rings (SSSR count). The fraction of sp³-hybridized carbons (Fsp3) is 0.0625. The van der Waals surface area contributed by atoms with Gasteiger partial charge in [-0.1, -0.05) is 11.6 Å². The molecule has 0 saturated carbocycles. The highest BCUT2D eigenvalue weighted by Gasteiger charge is 2.08. The number of fused-ring (bicyclic) bond motifs is 1. The lowest BCUT2D eigenvalue weighted by Gasteiger charge is -2.11. The molecule has 1 aromatic heterocycles. The van der Waals surface area contributed by atoms with Gasteiger partial charge in [-0.2, -0.15) is 0 Å². The number of nitrogens with zero attached hydrogens (tertiary/aromatic N) is 1. The van der Waals surface area contributed by atoms with Gasteiger partial charge in [0.05, 0.1) is 10.5 Å². The summed E-state index contributed by atoms with van der Waals surface area (Å²) in [6.45, 7) is 1.88. The number of rotatable bonds is 2. The number of ether oxygens (including phenoxy) is 1. The van der Waals surface area contributed by atoms with Gasteiger partial charge in [-0.3, -0.25) is 4.98 Å². The maximum Gasteiger partial charge on any atom is 0.142 e. The Kier molecular flexibility index (Phi) is 3.39. The summed E-state index contributed by atoms with van der Waals surface area (Å²) in [7, 11) is 0. The van der Waals surface area contributed by atoms with E-state index in [9.17, 15) is 4.39 Å². The molecule has 1 heterocycles. The molecule has 0 atom stereocenters. The van der Waals surface area contributed by atoms with Crippen molar-refractivity contribution in [2.45, 2.75) is 6.92 Å². The average molecular weight is 303 g/mol. The van der Waals surface area contributed by atoms with E-state index in [1.54, 1.807) is 18.2 Å². The Bertz CT molecular complexity index is 836. The summed E-state index contributed by atoms with van der Waals surface area (Å²) in [6, 6.07) is 11.4. The molecule has 0 fully saturated rings. The summed E-state index contributed by atoms with van der Waals surface area (Å²) in [6.07, 6.45) is 0. The predicted molar refractivity (Wildman–Crippen MR) is 82.4 cm³/mol. The largest absolute Gasteiger partial charge is 0.457 e. The summed E-state index contributed by atoms with van der Waals surface area (Å²) in [5, 5.41) is 0.808. The summed E-state index contributed by atoms with van der Waals surface area (Å²) >= 11 is 5.77. The molecule has 0 aliphatic rings. The van der Waals surface area contributed by atoms with Crippen molar-refractivity contribution in [3.8, 4) is 11.5 Å². The SMILES string of the molecule is Cc1cc(Oc2ccc(F)c(Cl)c2)c2cc(N)ccc2n1. The van der Waals surface area contributed by atoms with Crippen molar-refractivity contribution in [1.29, 1.82) is 0 Å². The second-order valence-corrected chi connectivity index (χ2v) is 5.12. The summed E-state index contributed by atoms with van der Waals surface area (Å²) in [5.74, 6) is 0.576. The molecule has 0 radical (unpaired) electrons. The number of aryl methyl sites for hydroxylation is 1. The van der Waals surface area contributed by atoms with Crippen molar-refractivity contribution in [3.05, 3.63) is 59.0 Å². The zero-order chi connectivity index (χ0) is 15.0. The van der Waals surface area contributed by atoms with Gasteiger partial charge in [0.2, 0.25) is 0 Å². The first-order chi connectivity index (χ1) is 10.0. The Morgan fingerprint density at radius 2 is 1.95 bits per heavy atom. The number of halogens is 2. The molecule has 0 bridgehead atoms. The maximum atomic E-state index is 13.2. The first-order valence-electron chi connectivity index (χ1n) is 6.33. The van der Waals surface area contributed by atoms with E-state index in [1.807, 2.05) is 13.0 Å². The van der Waals surface area contributed by atoms with Crippen LogP contribution in [0.4, 0.5) is 10.1 Å². The summed E-state index contributed by atoms with van der Waals surface area (Å²) in [5.41, 5.74) is 8.03. The van der Waals surface area contributed by atoms with E-state index in [1.165, 1.54) is 18.2 Å². The van der Waals surface area contributed by atoms with Crippen LogP contribution in [-0.4, -0.2) is 4.98 Å². The molecule has 2 aromatic carbocycles. The summed E-state index contributed by atoms with van der Waals surface area (Å²) in [4.78, 5) is 4.43. The zero-order valence-corrected chi connectivity index (χ0v) is 12.0. The molecule has 0 aliphatic carbocycles. The monoisotopic (exact) mass is 302 g/mol. The number of aromatic nitrogens is 1. The van der Waals surface area contributed by atoms with Gasteiger partial charge in [-0.05, 0) is 37.3 Å². The zero-order valence-electron chi connectivity index (χ0n) is 11.2. The average Bonchev–Trinajstić information content (AvgIpc) is 2.43. The van der Waals surface area contributed by atoms with Crippen LogP contribution in [0, 0.1) is 12.7 Å². The van der Waals surface area contributed by atoms with Crippen molar-refractivity contribution >= 4 is 28.2 Å². The van der Waals surface area contributed by atoms with Gasteiger partial charge >= 0.3 is 0 Å². The Hall–Kier alpha value is -2.33. The third-order valence-corrected chi connectivity index (χ3v) is 3.33. The van der Waals surface area contributed by atoms with E-state index in [4.69, 9.17) is 22.1 Å². The van der Waals surface area contributed by atoms with Gasteiger partial charge in [0.15, 0.2) is 0 Å². The lowest BCUT2D eigenvalue weighted by atomic mass is 10.1. The van der Waals surface area contributed by atoms with Gasteiger partial charge in [0.25, 0.3) is 0 Å². The number of benzene rings is 2. The minimum atomic E-state index is -0.482. The molecular weight excluding hydrogens is 291 g/mol. The van der Waals surface area contributed by atoms with E-state index in [2.05, 4.69) is 4.98 Å².